The standard InChI is InChI=1S/C6H18N3OP.3C4H9.Al/c1-7(2)11(10,8(3)4)9(5)6;3*1-4(2)3;/h1-6H3;3*4H,1H2,2-3H3;. The zero-order chi connectivity index (χ0) is 19.7. The molecular weight excluding hydrogens is 332 g/mol. The van der Waals surface area contributed by atoms with Crippen LogP contribution in [-0.4, -0.2) is 70.4 Å². The first-order valence-corrected chi connectivity index (χ1v) is 13.4. The van der Waals surface area contributed by atoms with Crippen molar-refractivity contribution in [2.45, 2.75) is 57.4 Å². The topological polar surface area (TPSA) is 26.8 Å². The molecule has 0 saturated carbocycles. The molecule has 4 nitrogen and oxygen atoms in total. The second-order valence-electron chi connectivity index (χ2n) is 8.81. The van der Waals surface area contributed by atoms with E-state index in [4.69, 9.17) is 0 Å². The van der Waals surface area contributed by atoms with E-state index in [0.717, 1.165) is 17.8 Å². The van der Waals surface area contributed by atoms with Gasteiger partial charge in [-0.3, -0.25) is 4.57 Å². The summed E-state index contributed by atoms with van der Waals surface area (Å²) < 4.78 is 17.3. The molecule has 0 heterocycles. The summed E-state index contributed by atoms with van der Waals surface area (Å²) in [6, 6.07) is 0. The van der Waals surface area contributed by atoms with Crippen molar-refractivity contribution in [1.29, 1.82) is 0 Å². The van der Waals surface area contributed by atoms with Gasteiger partial charge in [0.25, 0.3) is 21.7 Å². The molecule has 0 bridgehead atoms. The van der Waals surface area contributed by atoms with E-state index in [1.165, 1.54) is 0 Å². The first-order valence-electron chi connectivity index (χ1n) is 9.38. The van der Waals surface area contributed by atoms with E-state index >= 15 is 0 Å². The maximum Gasteiger partial charge on any atom is 0.285 e. The Bertz CT molecular complexity index is 306. The molecule has 0 radical (unpaired) electrons. The molecule has 0 rings (SSSR count). The summed E-state index contributed by atoms with van der Waals surface area (Å²) in [5, 5.41) is 4.66. The van der Waals surface area contributed by atoms with Crippen LogP contribution in [0.2, 0.25) is 15.8 Å². The van der Waals surface area contributed by atoms with Crippen LogP contribution >= 0.6 is 7.59 Å². The first kappa shape index (κ1) is 26.9. The van der Waals surface area contributed by atoms with Gasteiger partial charge in [0.15, 0.2) is 0 Å². The lowest BCUT2D eigenvalue weighted by Crippen LogP contribution is -2.30. The number of rotatable bonds is 9. The maximum atomic E-state index is 12.1. The fourth-order valence-corrected chi connectivity index (χ4v) is 10.1. The second-order valence-corrected chi connectivity index (χ2v) is 15.4. The van der Waals surface area contributed by atoms with Gasteiger partial charge in [-0.05, 0) is 42.3 Å². The van der Waals surface area contributed by atoms with Gasteiger partial charge in [-0.1, -0.05) is 75.1 Å². The molecule has 0 atom stereocenters. The van der Waals surface area contributed by atoms with E-state index in [9.17, 15) is 4.57 Å². The quantitative estimate of drug-likeness (QED) is 0.406. The summed E-state index contributed by atoms with van der Waals surface area (Å²) >= 11 is -0.407. The molecule has 0 aliphatic heterocycles. The van der Waals surface area contributed by atoms with Crippen LogP contribution < -0.4 is 0 Å². The molecule has 0 fully saturated rings. The Morgan fingerprint density at radius 2 is 0.833 bits per heavy atom. The highest BCUT2D eigenvalue weighted by molar-refractivity contribution is 7.56. The van der Waals surface area contributed by atoms with E-state index < -0.39 is 21.7 Å². The molecular formula is C18H45AlN3OP. The van der Waals surface area contributed by atoms with Gasteiger partial charge < -0.3 is 0 Å². The summed E-state index contributed by atoms with van der Waals surface area (Å²) in [4.78, 5) is 0. The predicted octanol–water partition coefficient (Wildman–Crippen LogP) is 5.23. The summed E-state index contributed by atoms with van der Waals surface area (Å²) in [5.41, 5.74) is 0. The van der Waals surface area contributed by atoms with Gasteiger partial charge in [-0.2, -0.15) is 0 Å². The van der Waals surface area contributed by atoms with Gasteiger partial charge in [-0.25, -0.2) is 14.0 Å². The van der Waals surface area contributed by atoms with Gasteiger partial charge >= 0.3 is 0 Å². The number of hydrogen-bond donors (Lipinski definition) is 0. The number of hydrogen-bond acceptors (Lipinski definition) is 1. The van der Waals surface area contributed by atoms with Crippen LogP contribution in [0.3, 0.4) is 0 Å². The molecule has 0 saturated heterocycles. The summed E-state index contributed by atoms with van der Waals surface area (Å²) in [7, 11) is 8.49. The largest absolute Gasteiger partial charge is 0.285 e. The third-order valence-electron chi connectivity index (χ3n) is 3.98. The van der Waals surface area contributed by atoms with Crippen LogP contribution in [0.1, 0.15) is 41.5 Å². The minimum Gasteiger partial charge on any atom is -0.270 e. The second kappa shape index (κ2) is 12.9. The van der Waals surface area contributed by atoms with E-state index in [0.29, 0.717) is 0 Å². The van der Waals surface area contributed by atoms with Crippen molar-refractivity contribution >= 4 is 21.7 Å². The van der Waals surface area contributed by atoms with E-state index in [2.05, 4.69) is 41.5 Å². The minimum absolute atomic E-state index is 0.407. The van der Waals surface area contributed by atoms with Crippen LogP contribution in [0.25, 0.3) is 0 Å². The molecule has 0 aliphatic carbocycles. The lowest BCUT2D eigenvalue weighted by Gasteiger charge is -2.34. The van der Waals surface area contributed by atoms with Gasteiger partial charge in [0.05, 0.1) is 0 Å². The van der Waals surface area contributed by atoms with Crippen LogP contribution in [0.5, 0.6) is 0 Å². The van der Waals surface area contributed by atoms with Crippen LogP contribution in [0.4, 0.5) is 0 Å². The van der Waals surface area contributed by atoms with Gasteiger partial charge in [0.1, 0.15) is 0 Å². The normalized spacial score (nSPS) is 12.6. The highest BCUT2D eigenvalue weighted by Gasteiger charge is 2.30. The molecule has 0 aromatic heterocycles. The molecule has 6 heteroatoms. The Morgan fingerprint density at radius 1 is 0.625 bits per heavy atom. The third-order valence-corrected chi connectivity index (χ3v) is 11.9. The van der Waals surface area contributed by atoms with Gasteiger partial charge in [0.2, 0.25) is 0 Å². The van der Waals surface area contributed by atoms with Crippen molar-refractivity contribution in [3.05, 3.63) is 0 Å². The Balaban J connectivity index is 0. The zero-order valence-electron chi connectivity index (χ0n) is 18.6. The van der Waals surface area contributed by atoms with Gasteiger partial charge in [0, 0.05) is 0 Å². The van der Waals surface area contributed by atoms with Crippen molar-refractivity contribution in [2.24, 2.45) is 17.8 Å². The SMILES string of the molecule is CC(C)[CH2][Al]([CH2]C(C)C)[CH2]C(C)C.CN(C)P(=O)(N(C)C)N(C)C. The Kier molecular flexibility index (Phi) is 14.5. The Morgan fingerprint density at radius 3 is 0.917 bits per heavy atom. The van der Waals surface area contributed by atoms with Crippen LogP contribution in [0, 0.1) is 17.8 Å². The molecule has 146 valence electrons. The van der Waals surface area contributed by atoms with Crippen molar-refractivity contribution in [3.63, 3.8) is 0 Å². The molecule has 0 aromatic rings. The average molecular weight is 378 g/mol. The van der Waals surface area contributed by atoms with Crippen molar-refractivity contribution in [3.8, 4) is 0 Å². The molecule has 0 aromatic carbocycles. The highest BCUT2D eigenvalue weighted by atomic mass is 31.2. The Hall–Kier alpha value is 0.642. The summed E-state index contributed by atoms with van der Waals surface area (Å²) in [5.74, 6) is 2.78. The molecule has 24 heavy (non-hydrogen) atoms. The van der Waals surface area contributed by atoms with Crippen molar-refractivity contribution in [1.82, 2.24) is 14.0 Å². The number of nitrogens with zero attached hydrogens (tertiary/aromatic N) is 3. The fraction of sp³-hybridized carbons (Fsp3) is 1.00. The average Bonchev–Trinajstić information content (AvgIpc) is 2.34. The maximum absolute atomic E-state index is 12.1. The summed E-state index contributed by atoms with van der Waals surface area (Å²) in [6.07, 6.45) is 0. The summed E-state index contributed by atoms with van der Waals surface area (Å²) in [6.45, 7) is 14.3. The lowest BCUT2D eigenvalue weighted by molar-refractivity contribution is 0.383. The Labute approximate surface area is 157 Å². The van der Waals surface area contributed by atoms with Crippen molar-refractivity contribution < 1.29 is 4.57 Å². The highest BCUT2D eigenvalue weighted by Crippen LogP contribution is 2.50. The third kappa shape index (κ3) is 11.3. The molecule has 0 aliphatic rings. The predicted molar refractivity (Wildman–Crippen MR) is 113 cm³/mol. The van der Waals surface area contributed by atoms with E-state index in [1.54, 1.807) is 29.9 Å². The molecule has 0 amide bonds. The molecule has 0 unspecified atom stereocenters. The molecule has 0 N–H and O–H groups in total. The van der Waals surface area contributed by atoms with Gasteiger partial charge in [-0.15, -0.1) is 0 Å². The zero-order valence-corrected chi connectivity index (χ0v) is 20.7. The lowest BCUT2D eigenvalue weighted by atomic mass is 10.2. The van der Waals surface area contributed by atoms with Crippen LogP contribution in [0.15, 0.2) is 0 Å². The fourth-order valence-electron chi connectivity index (χ4n) is 3.36. The molecule has 0 spiro atoms. The van der Waals surface area contributed by atoms with Crippen LogP contribution in [-0.2, 0) is 4.57 Å². The van der Waals surface area contributed by atoms with E-state index in [1.807, 2.05) is 42.3 Å². The van der Waals surface area contributed by atoms with Crippen molar-refractivity contribution in [2.75, 3.05) is 42.3 Å². The minimum atomic E-state index is -2.44. The van der Waals surface area contributed by atoms with E-state index in [-0.39, 0.29) is 0 Å². The smallest absolute Gasteiger partial charge is 0.270 e. The monoisotopic (exact) mass is 377 g/mol. The first-order chi connectivity index (χ1) is 10.7.